The average molecular weight is 336 g/mol. The van der Waals surface area contributed by atoms with Gasteiger partial charge in [-0.1, -0.05) is 18.2 Å². The molecule has 2 saturated heterocycles. The van der Waals surface area contributed by atoms with Gasteiger partial charge in [-0.05, 0) is 25.8 Å². The second-order valence-corrected chi connectivity index (χ2v) is 7.45. The Morgan fingerprint density at radius 1 is 1.30 bits per heavy atom. The zero-order valence-electron chi connectivity index (χ0n) is 13.2. The quantitative estimate of drug-likeness (QED) is 0.849. The van der Waals surface area contributed by atoms with Gasteiger partial charge in [-0.25, -0.2) is 4.39 Å². The summed E-state index contributed by atoms with van der Waals surface area (Å²) in [6.45, 7) is 3.82. The standard InChI is InChI=1S/C17H21FN2O2S/c1-12-16(22)20(11-8-15(21)19-9-4-5-10-19)17(23-12)13-6-2-3-7-14(13)18/h2-3,6-7,12,17H,4-5,8-11H2,1H3/t12-,17+/m1/s1. The van der Waals surface area contributed by atoms with E-state index < -0.39 is 0 Å². The van der Waals surface area contributed by atoms with Gasteiger partial charge in [0.25, 0.3) is 0 Å². The van der Waals surface area contributed by atoms with Crippen LogP contribution < -0.4 is 0 Å². The lowest BCUT2D eigenvalue weighted by molar-refractivity contribution is -0.133. The van der Waals surface area contributed by atoms with Crippen molar-refractivity contribution in [2.45, 2.75) is 36.8 Å². The van der Waals surface area contributed by atoms with Gasteiger partial charge in [0.05, 0.1) is 5.25 Å². The smallest absolute Gasteiger partial charge is 0.236 e. The first-order valence-corrected chi connectivity index (χ1v) is 9.00. The van der Waals surface area contributed by atoms with Gasteiger partial charge < -0.3 is 9.80 Å². The van der Waals surface area contributed by atoms with Crippen molar-refractivity contribution in [3.63, 3.8) is 0 Å². The zero-order chi connectivity index (χ0) is 16.4. The van der Waals surface area contributed by atoms with Crippen LogP contribution in [0.3, 0.4) is 0 Å². The molecule has 2 amide bonds. The van der Waals surface area contributed by atoms with E-state index in [1.165, 1.54) is 17.8 Å². The van der Waals surface area contributed by atoms with Crippen molar-refractivity contribution in [1.29, 1.82) is 0 Å². The van der Waals surface area contributed by atoms with Crippen molar-refractivity contribution in [1.82, 2.24) is 9.80 Å². The van der Waals surface area contributed by atoms with Crippen LogP contribution in [0.5, 0.6) is 0 Å². The highest BCUT2D eigenvalue weighted by Gasteiger charge is 2.39. The summed E-state index contributed by atoms with van der Waals surface area (Å²) < 4.78 is 14.1. The molecule has 1 aromatic carbocycles. The predicted molar refractivity (Wildman–Crippen MR) is 88.3 cm³/mol. The molecule has 2 aliphatic rings. The zero-order valence-corrected chi connectivity index (χ0v) is 14.0. The molecule has 0 unspecified atom stereocenters. The van der Waals surface area contributed by atoms with E-state index in [4.69, 9.17) is 0 Å². The number of carbonyl (C=O) groups excluding carboxylic acids is 2. The van der Waals surface area contributed by atoms with Gasteiger partial charge in [-0.3, -0.25) is 9.59 Å². The van der Waals surface area contributed by atoms with Crippen molar-refractivity contribution in [2.24, 2.45) is 0 Å². The molecule has 4 nitrogen and oxygen atoms in total. The van der Waals surface area contributed by atoms with E-state index in [0.717, 1.165) is 25.9 Å². The molecule has 2 atom stereocenters. The number of hydrogen-bond acceptors (Lipinski definition) is 3. The second-order valence-electron chi connectivity index (χ2n) is 6.02. The molecule has 0 radical (unpaired) electrons. The van der Waals surface area contributed by atoms with Gasteiger partial charge >= 0.3 is 0 Å². The predicted octanol–water partition coefficient (Wildman–Crippen LogP) is 2.80. The van der Waals surface area contributed by atoms with E-state index in [2.05, 4.69) is 0 Å². The number of amides is 2. The van der Waals surface area contributed by atoms with E-state index in [0.29, 0.717) is 18.5 Å². The molecular weight excluding hydrogens is 315 g/mol. The van der Waals surface area contributed by atoms with E-state index >= 15 is 0 Å². The molecule has 2 aliphatic heterocycles. The Bertz CT molecular complexity index is 604. The van der Waals surface area contributed by atoms with Gasteiger partial charge in [0.15, 0.2) is 0 Å². The van der Waals surface area contributed by atoms with Crippen LogP contribution in [0.4, 0.5) is 4.39 Å². The van der Waals surface area contributed by atoms with Gasteiger partial charge in [0.2, 0.25) is 11.8 Å². The van der Waals surface area contributed by atoms with Gasteiger partial charge in [0.1, 0.15) is 11.2 Å². The number of rotatable bonds is 4. The molecule has 0 aromatic heterocycles. The third-order valence-electron chi connectivity index (χ3n) is 4.44. The number of thioether (sulfide) groups is 1. The normalized spacial score (nSPS) is 24.5. The molecule has 124 valence electrons. The van der Waals surface area contributed by atoms with E-state index in [9.17, 15) is 14.0 Å². The Morgan fingerprint density at radius 3 is 2.70 bits per heavy atom. The maximum atomic E-state index is 14.1. The largest absolute Gasteiger partial charge is 0.343 e. The minimum absolute atomic E-state index is 0.0162. The minimum Gasteiger partial charge on any atom is -0.343 e. The summed E-state index contributed by atoms with van der Waals surface area (Å²) in [4.78, 5) is 28.1. The van der Waals surface area contributed by atoms with Crippen LogP contribution in [0.25, 0.3) is 0 Å². The topological polar surface area (TPSA) is 40.6 Å². The highest BCUT2D eigenvalue weighted by atomic mass is 32.2. The molecule has 2 heterocycles. The summed E-state index contributed by atoms with van der Waals surface area (Å²) in [5.41, 5.74) is 0.517. The second kappa shape index (κ2) is 6.91. The monoisotopic (exact) mass is 336 g/mol. The lowest BCUT2D eigenvalue weighted by Gasteiger charge is -2.25. The van der Waals surface area contributed by atoms with Gasteiger partial charge in [0, 0.05) is 31.6 Å². The van der Waals surface area contributed by atoms with Crippen LogP contribution in [-0.2, 0) is 9.59 Å². The Balaban J connectivity index is 1.71. The van der Waals surface area contributed by atoms with Crippen molar-refractivity contribution in [3.8, 4) is 0 Å². The maximum Gasteiger partial charge on any atom is 0.236 e. The molecule has 23 heavy (non-hydrogen) atoms. The van der Waals surface area contributed by atoms with Crippen molar-refractivity contribution in [3.05, 3.63) is 35.6 Å². The van der Waals surface area contributed by atoms with Gasteiger partial charge in [-0.15, -0.1) is 11.8 Å². The SMILES string of the molecule is C[C@H]1S[C@@H](c2ccccc2F)N(CCC(=O)N2CCCC2)C1=O. The summed E-state index contributed by atoms with van der Waals surface area (Å²) in [6, 6.07) is 6.55. The fourth-order valence-corrected chi connectivity index (χ4v) is 4.49. The maximum absolute atomic E-state index is 14.1. The van der Waals surface area contributed by atoms with Crippen LogP contribution >= 0.6 is 11.8 Å². The van der Waals surface area contributed by atoms with Crippen molar-refractivity contribution in [2.75, 3.05) is 19.6 Å². The first-order chi connectivity index (χ1) is 11.1. The molecule has 3 rings (SSSR count). The summed E-state index contributed by atoms with van der Waals surface area (Å²) in [6.07, 6.45) is 2.42. The minimum atomic E-state index is -0.343. The van der Waals surface area contributed by atoms with Crippen LogP contribution in [0.2, 0.25) is 0 Å². The average Bonchev–Trinajstić information content (AvgIpc) is 3.16. The molecule has 0 spiro atoms. The number of halogens is 1. The molecule has 1 aromatic rings. The highest BCUT2D eigenvalue weighted by molar-refractivity contribution is 8.01. The Morgan fingerprint density at radius 2 is 2.00 bits per heavy atom. The van der Waals surface area contributed by atoms with Crippen LogP contribution in [0.1, 0.15) is 37.1 Å². The first kappa shape index (κ1) is 16.3. The molecule has 0 N–H and O–H groups in total. The van der Waals surface area contributed by atoms with E-state index in [1.807, 2.05) is 11.8 Å². The van der Waals surface area contributed by atoms with Crippen LogP contribution in [-0.4, -0.2) is 46.5 Å². The van der Waals surface area contributed by atoms with E-state index in [1.54, 1.807) is 23.1 Å². The highest BCUT2D eigenvalue weighted by Crippen LogP contribution is 2.43. The fraction of sp³-hybridized carbons (Fsp3) is 0.529. The number of carbonyl (C=O) groups is 2. The number of hydrogen-bond donors (Lipinski definition) is 0. The fourth-order valence-electron chi connectivity index (χ4n) is 3.16. The first-order valence-electron chi connectivity index (χ1n) is 8.06. The molecule has 0 bridgehead atoms. The molecule has 6 heteroatoms. The Kier molecular flexibility index (Phi) is 4.90. The van der Waals surface area contributed by atoms with Crippen LogP contribution in [0.15, 0.2) is 24.3 Å². The number of benzene rings is 1. The third kappa shape index (κ3) is 3.37. The Hall–Kier alpha value is -1.56. The lowest BCUT2D eigenvalue weighted by atomic mass is 10.2. The van der Waals surface area contributed by atoms with Crippen molar-refractivity contribution < 1.29 is 14.0 Å². The number of likely N-dealkylation sites (tertiary alicyclic amines) is 1. The molecular formula is C17H21FN2O2S. The molecule has 0 saturated carbocycles. The van der Waals surface area contributed by atoms with Gasteiger partial charge in [-0.2, -0.15) is 0 Å². The molecule has 0 aliphatic carbocycles. The Labute approximate surface area is 140 Å². The third-order valence-corrected chi connectivity index (χ3v) is 5.82. The summed E-state index contributed by atoms with van der Waals surface area (Å²) >= 11 is 1.44. The van der Waals surface area contributed by atoms with Crippen molar-refractivity contribution >= 4 is 23.6 Å². The summed E-state index contributed by atoms with van der Waals surface area (Å²) in [5, 5.41) is -0.549. The summed E-state index contributed by atoms with van der Waals surface area (Å²) in [7, 11) is 0. The molecule has 2 fully saturated rings. The van der Waals surface area contributed by atoms with E-state index in [-0.39, 0.29) is 28.3 Å². The lowest BCUT2D eigenvalue weighted by Crippen LogP contribution is -2.36. The van der Waals surface area contributed by atoms with Crippen LogP contribution in [0, 0.1) is 5.82 Å². The summed E-state index contributed by atoms with van der Waals surface area (Å²) in [5.74, 6) is -0.229. The number of nitrogens with zero attached hydrogens (tertiary/aromatic N) is 2.